The molecule has 36 heavy (non-hydrogen) atoms. The Kier molecular flexibility index (Phi) is 5.98. The van der Waals surface area contributed by atoms with Gasteiger partial charge in [-0.3, -0.25) is 14.4 Å². The van der Waals surface area contributed by atoms with Crippen LogP contribution in [-0.4, -0.2) is 27.7 Å². The van der Waals surface area contributed by atoms with Crippen LogP contribution in [0, 0.1) is 0 Å². The highest BCUT2D eigenvalue weighted by molar-refractivity contribution is 6.31. The number of anilines is 2. The molecule has 9 heteroatoms. The van der Waals surface area contributed by atoms with Crippen molar-refractivity contribution in [3.63, 3.8) is 0 Å². The average molecular weight is 522 g/mol. The van der Waals surface area contributed by atoms with Crippen LogP contribution in [0.3, 0.4) is 0 Å². The maximum absolute atomic E-state index is 13.1. The third kappa shape index (κ3) is 4.10. The number of ether oxygens (including phenoxy) is 1. The molecule has 0 spiro atoms. The minimum atomic E-state index is -1.03. The summed E-state index contributed by atoms with van der Waals surface area (Å²) in [6, 6.07) is 18.8. The van der Waals surface area contributed by atoms with Crippen molar-refractivity contribution in [1.29, 1.82) is 0 Å². The van der Waals surface area contributed by atoms with Crippen molar-refractivity contribution in [2.75, 3.05) is 10.3 Å². The van der Waals surface area contributed by atoms with Gasteiger partial charge in [-0.15, -0.1) is 0 Å². The fraction of sp³-hybridized carbons (Fsp3) is 0.148. The topological polar surface area (TPSA) is 79.0 Å². The summed E-state index contributed by atoms with van der Waals surface area (Å²) in [6.07, 6.45) is 1.81. The van der Waals surface area contributed by atoms with Gasteiger partial charge in [0, 0.05) is 28.8 Å². The molecule has 2 heterocycles. The van der Waals surface area contributed by atoms with Crippen LogP contribution in [0.2, 0.25) is 5.02 Å². The molecule has 3 aromatic rings. The Labute approximate surface area is 217 Å². The molecule has 0 saturated heterocycles. The van der Waals surface area contributed by atoms with Crippen molar-refractivity contribution in [2.24, 2.45) is 0 Å². The van der Waals surface area contributed by atoms with Crippen LogP contribution in [0.5, 0.6) is 0 Å². The molecule has 0 fully saturated rings. The van der Waals surface area contributed by atoms with E-state index in [1.807, 2.05) is 6.07 Å². The van der Waals surface area contributed by atoms with Gasteiger partial charge in [0.1, 0.15) is 12.4 Å². The molecular formula is C27H21Cl2N3O4. The van der Waals surface area contributed by atoms with Gasteiger partial charge in [-0.25, -0.2) is 5.01 Å². The van der Waals surface area contributed by atoms with Gasteiger partial charge in [-0.1, -0.05) is 53.5 Å². The van der Waals surface area contributed by atoms with Gasteiger partial charge in [0.25, 0.3) is 11.8 Å². The molecule has 2 aliphatic heterocycles. The Morgan fingerprint density at radius 3 is 2.33 bits per heavy atom. The molecule has 0 aliphatic carbocycles. The van der Waals surface area contributed by atoms with Crippen molar-refractivity contribution in [3.05, 3.63) is 99.8 Å². The van der Waals surface area contributed by atoms with Crippen LogP contribution in [0.4, 0.5) is 11.4 Å². The molecule has 0 bridgehead atoms. The smallest absolute Gasteiger partial charge is 0.281 e. The zero-order chi connectivity index (χ0) is 25.6. The maximum atomic E-state index is 13.1. The lowest BCUT2D eigenvalue weighted by molar-refractivity contribution is -0.118. The summed E-state index contributed by atoms with van der Waals surface area (Å²) in [4.78, 5) is 38.0. The second-order valence-electron chi connectivity index (χ2n) is 8.58. The number of benzene rings is 3. The number of nitrogens with one attached hydrogen (secondary N) is 1. The summed E-state index contributed by atoms with van der Waals surface area (Å²) in [5.74, 6) is -1.19. The van der Waals surface area contributed by atoms with E-state index in [0.717, 1.165) is 21.3 Å². The molecular weight excluding hydrogens is 501 g/mol. The third-order valence-corrected chi connectivity index (χ3v) is 6.52. The normalized spacial score (nSPS) is 18.2. The number of alkyl halides is 1. The molecule has 182 valence electrons. The number of amides is 3. The lowest BCUT2D eigenvalue weighted by Gasteiger charge is -2.33. The van der Waals surface area contributed by atoms with E-state index in [9.17, 15) is 14.4 Å². The van der Waals surface area contributed by atoms with E-state index in [1.165, 1.54) is 6.92 Å². The summed E-state index contributed by atoms with van der Waals surface area (Å²) in [5.41, 5.74) is 3.06. The third-order valence-electron chi connectivity index (χ3n) is 6.01. The Bertz CT molecular complexity index is 1420. The van der Waals surface area contributed by atoms with E-state index < -0.39 is 22.7 Å². The quantitative estimate of drug-likeness (QED) is 0.259. The molecule has 0 radical (unpaired) electrons. The summed E-state index contributed by atoms with van der Waals surface area (Å²) < 4.78 is 6.13. The van der Waals surface area contributed by atoms with Gasteiger partial charge in [0.15, 0.2) is 5.00 Å². The number of hydrazine groups is 1. The minimum Gasteiger partial charge on any atom is -0.489 e. The fourth-order valence-corrected chi connectivity index (χ4v) is 4.70. The van der Waals surface area contributed by atoms with Crippen LogP contribution < -0.4 is 10.3 Å². The SMILES string of the molecule is CC(=O)N(c1ccccc1COC1=Cc2cc(Cl)ccc2NC1(C)Cl)N1C(=O)c2ccccc2C1=O. The summed E-state index contributed by atoms with van der Waals surface area (Å²) >= 11 is 12.9. The Morgan fingerprint density at radius 2 is 1.67 bits per heavy atom. The predicted octanol–water partition coefficient (Wildman–Crippen LogP) is 5.84. The van der Waals surface area contributed by atoms with Gasteiger partial charge >= 0.3 is 0 Å². The molecule has 7 nitrogen and oxygen atoms in total. The molecule has 3 aromatic carbocycles. The number of imide groups is 1. The first-order chi connectivity index (χ1) is 17.2. The van der Waals surface area contributed by atoms with E-state index in [0.29, 0.717) is 22.0 Å². The molecule has 5 rings (SSSR count). The first kappa shape index (κ1) is 23.9. The molecule has 1 unspecified atom stereocenters. The van der Waals surface area contributed by atoms with Crippen molar-refractivity contribution in [1.82, 2.24) is 5.01 Å². The second kappa shape index (κ2) is 9.00. The molecule has 3 amide bonds. The second-order valence-corrected chi connectivity index (χ2v) is 9.78. The maximum Gasteiger partial charge on any atom is 0.281 e. The molecule has 1 N–H and O–H groups in total. The van der Waals surface area contributed by atoms with Crippen molar-refractivity contribution >= 4 is 58.4 Å². The Balaban J connectivity index is 1.47. The number of hydrogen-bond acceptors (Lipinski definition) is 5. The minimum absolute atomic E-state index is 0.0227. The Hall–Kier alpha value is -3.81. The highest BCUT2D eigenvalue weighted by Crippen LogP contribution is 2.39. The highest BCUT2D eigenvalue weighted by atomic mass is 35.5. The molecule has 2 aliphatic rings. The van der Waals surface area contributed by atoms with Gasteiger partial charge in [0.2, 0.25) is 5.91 Å². The largest absolute Gasteiger partial charge is 0.489 e. The van der Waals surface area contributed by atoms with Gasteiger partial charge in [-0.2, -0.15) is 5.01 Å². The van der Waals surface area contributed by atoms with Crippen LogP contribution in [-0.2, 0) is 16.1 Å². The lowest BCUT2D eigenvalue weighted by Crippen LogP contribution is -2.49. The van der Waals surface area contributed by atoms with Crippen molar-refractivity contribution < 1.29 is 19.1 Å². The predicted molar refractivity (Wildman–Crippen MR) is 139 cm³/mol. The summed E-state index contributed by atoms with van der Waals surface area (Å²) in [5, 5.41) is 5.76. The molecule has 0 saturated carbocycles. The number of nitrogens with zero attached hydrogens (tertiary/aromatic N) is 2. The monoisotopic (exact) mass is 521 g/mol. The number of carbonyl (C=O) groups excluding carboxylic acids is 3. The van der Waals surface area contributed by atoms with Crippen LogP contribution in [0.15, 0.2) is 72.5 Å². The lowest BCUT2D eigenvalue weighted by atomic mass is 10.0. The fourth-order valence-electron chi connectivity index (χ4n) is 4.31. The number of halogens is 2. The standard InChI is InChI=1S/C27H21Cl2N3O4/c1-16(33)31(32-25(34)20-8-4-5-9-21(20)26(32)35)23-10-6-3-7-17(23)15-36-24-14-18-13-19(28)11-12-22(18)30-27(24,2)29/h3-14,30H,15H2,1-2H3. The number of para-hydroxylation sites is 1. The van der Waals surface area contributed by atoms with E-state index in [1.54, 1.807) is 73.7 Å². The summed E-state index contributed by atoms with van der Waals surface area (Å²) in [7, 11) is 0. The zero-order valence-electron chi connectivity index (χ0n) is 19.4. The molecule has 0 aromatic heterocycles. The van der Waals surface area contributed by atoms with E-state index in [-0.39, 0.29) is 17.7 Å². The van der Waals surface area contributed by atoms with Gasteiger partial charge in [-0.05, 0) is 49.4 Å². The van der Waals surface area contributed by atoms with Gasteiger partial charge < -0.3 is 10.1 Å². The van der Waals surface area contributed by atoms with Crippen LogP contribution in [0.25, 0.3) is 6.08 Å². The average Bonchev–Trinajstić information content (AvgIpc) is 3.09. The van der Waals surface area contributed by atoms with Crippen LogP contribution in [0.1, 0.15) is 45.7 Å². The van der Waals surface area contributed by atoms with Crippen LogP contribution >= 0.6 is 23.2 Å². The number of rotatable bonds is 5. The van der Waals surface area contributed by atoms with E-state index in [4.69, 9.17) is 27.9 Å². The number of fused-ring (bicyclic) bond motifs is 2. The molecule has 1 atom stereocenters. The van der Waals surface area contributed by atoms with E-state index >= 15 is 0 Å². The zero-order valence-corrected chi connectivity index (χ0v) is 20.9. The first-order valence-electron chi connectivity index (χ1n) is 11.2. The van der Waals surface area contributed by atoms with E-state index in [2.05, 4.69) is 5.32 Å². The van der Waals surface area contributed by atoms with Crippen molar-refractivity contribution in [3.8, 4) is 0 Å². The summed E-state index contributed by atoms with van der Waals surface area (Å²) in [6.45, 7) is 3.09. The Morgan fingerprint density at radius 1 is 1.03 bits per heavy atom. The van der Waals surface area contributed by atoms with Gasteiger partial charge in [0.05, 0.1) is 16.8 Å². The number of hydrogen-bond donors (Lipinski definition) is 1. The first-order valence-corrected chi connectivity index (χ1v) is 11.9. The highest BCUT2D eigenvalue weighted by Gasteiger charge is 2.41. The number of carbonyl (C=O) groups is 3. The van der Waals surface area contributed by atoms with Crippen molar-refractivity contribution in [2.45, 2.75) is 25.5 Å².